The van der Waals surface area contributed by atoms with Crippen LogP contribution >= 0.6 is 22.7 Å². The SMILES string of the molecule is COc1ccc(-c2nc(CC(=O)NC[C@@H](c3cccs3)N3CCOCC3)cs2)cc1. The molecular weight excluding hydrogens is 418 g/mol. The smallest absolute Gasteiger partial charge is 0.226 e. The number of hydrogen-bond acceptors (Lipinski definition) is 7. The van der Waals surface area contributed by atoms with Crippen molar-refractivity contribution in [3.8, 4) is 16.3 Å². The summed E-state index contributed by atoms with van der Waals surface area (Å²) in [6.45, 7) is 3.84. The minimum Gasteiger partial charge on any atom is -0.497 e. The summed E-state index contributed by atoms with van der Waals surface area (Å²) >= 11 is 3.28. The minimum absolute atomic E-state index is 0.00334. The fourth-order valence-electron chi connectivity index (χ4n) is 3.47. The van der Waals surface area contributed by atoms with E-state index in [-0.39, 0.29) is 18.4 Å². The van der Waals surface area contributed by atoms with Crippen LogP contribution < -0.4 is 10.1 Å². The number of aromatic nitrogens is 1. The first-order valence-corrected chi connectivity index (χ1v) is 11.7. The number of carbonyl (C=O) groups excluding carboxylic acids is 1. The van der Waals surface area contributed by atoms with Gasteiger partial charge < -0.3 is 14.8 Å². The van der Waals surface area contributed by atoms with Crippen molar-refractivity contribution in [2.24, 2.45) is 0 Å². The highest BCUT2D eigenvalue weighted by Crippen LogP contribution is 2.27. The first-order chi connectivity index (χ1) is 14.7. The molecule has 0 bridgehead atoms. The van der Waals surface area contributed by atoms with Gasteiger partial charge in [-0.1, -0.05) is 6.07 Å². The summed E-state index contributed by atoms with van der Waals surface area (Å²) in [5.74, 6) is 0.812. The maximum atomic E-state index is 12.6. The van der Waals surface area contributed by atoms with Gasteiger partial charge in [-0.15, -0.1) is 22.7 Å². The number of benzene rings is 1. The Hall–Kier alpha value is -2.26. The standard InChI is InChI=1S/C22H25N3O3S2/c1-27-18-6-4-16(5-7-18)22-24-17(15-30-22)13-21(26)23-14-19(20-3-2-12-29-20)25-8-10-28-11-9-25/h2-7,12,15,19H,8-11,13-14H2,1H3,(H,23,26)/t19-/m0/s1. The number of amides is 1. The van der Waals surface area contributed by atoms with Crippen LogP contribution in [0.2, 0.25) is 0 Å². The van der Waals surface area contributed by atoms with Crippen molar-refractivity contribution in [3.63, 3.8) is 0 Å². The first-order valence-electron chi connectivity index (χ1n) is 9.93. The average Bonchev–Trinajstić information content (AvgIpc) is 3.47. The van der Waals surface area contributed by atoms with Crippen LogP contribution in [0.4, 0.5) is 0 Å². The van der Waals surface area contributed by atoms with Crippen LogP contribution in [0.3, 0.4) is 0 Å². The van der Waals surface area contributed by atoms with Crippen LogP contribution in [0.1, 0.15) is 16.6 Å². The quantitative estimate of drug-likeness (QED) is 0.576. The normalized spacial score (nSPS) is 15.6. The summed E-state index contributed by atoms with van der Waals surface area (Å²) < 4.78 is 10.7. The molecule has 4 rings (SSSR count). The van der Waals surface area contributed by atoms with Gasteiger partial charge in [-0.2, -0.15) is 0 Å². The molecule has 1 N–H and O–H groups in total. The lowest BCUT2D eigenvalue weighted by molar-refractivity contribution is -0.120. The average molecular weight is 444 g/mol. The number of carbonyl (C=O) groups is 1. The summed E-state index contributed by atoms with van der Waals surface area (Å²) in [7, 11) is 1.65. The maximum Gasteiger partial charge on any atom is 0.226 e. The first kappa shape index (κ1) is 21.0. The molecule has 6 nitrogen and oxygen atoms in total. The number of ether oxygens (including phenoxy) is 2. The predicted molar refractivity (Wildman–Crippen MR) is 120 cm³/mol. The van der Waals surface area contributed by atoms with E-state index >= 15 is 0 Å². The van der Waals surface area contributed by atoms with Crippen LogP contribution in [0, 0.1) is 0 Å². The Kier molecular flexibility index (Phi) is 7.11. The molecule has 158 valence electrons. The van der Waals surface area contributed by atoms with Gasteiger partial charge in [0.2, 0.25) is 5.91 Å². The number of hydrogen-bond donors (Lipinski definition) is 1. The van der Waals surface area contributed by atoms with Crippen molar-refractivity contribution < 1.29 is 14.3 Å². The lowest BCUT2D eigenvalue weighted by Gasteiger charge is -2.34. The Balaban J connectivity index is 1.35. The van der Waals surface area contributed by atoms with E-state index in [1.807, 2.05) is 29.6 Å². The number of methoxy groups -OCH3 is 1. The van der Waals surface area contributed by atoms with Gasteiger partial charge in [0.25, 0.3) is 0 Å². The zero-order valence-corrected chi connectivity index (χ0v) is 18.5. The molecule has 1 aliphatic rings. The second-order valence-electron chi connectivity index (χ2n) is 7.03. The van der Waals surface area contributed by atoms with E-state index in [0.29, 0.717) is 6.54 Å². The molecule has 8 heteroatoms. The van der Waals surface area contributed by atoms with E-state index < -0.39 is 0 Å². The van der Waals surface area contributed by atoms with Gasteiger partial charge in [0.15, 0.2) is 0 Å². The molecule has 30 heavy (non-hydrogen) atoms. The molecular formula is C22H25N3O3S2. The van der Waals surface area contributed by atoms with Gasteiger partial charge in [0.1, 0.15) is 10.8 Å². The fraction of sp³-hybridized carbons (Fsp3) is 0.364. The van der Waals surface area contributed by atoms with Crippen molar-refractivity contribution in [2.45, 2.75) is 12.5 Å². The van der Waals surface area contributed by atoms with E-state index in [9.17, 15) is 4.79 Å². The maximum absolute atomic E-state index is 12.6. The lowest BCUT2D eigenvalue weighted by Crippen LogP contribution is -2.43. The van der Waals surface area contributed by atoms with Gasteiger partial charge in [0.05, 0.1) is 38.5 Å². The number of thiophene rings is 1. The highest BCUT2D eigenvalue weighted by molar-refractivity contribution is 7.13. The Labute approximate surface area is 184 Å². The van der Waals surface area contributed by atoms with Gasteiger partial charge >= 0.3 is 0 Å². The summed E-state index contributed by atoms with van der Waals surface area (Å²) in [5.41, 5.74) is 1.82. The molecule has 1 fully saturated rings. The molecule has 3 aromatic rings. The predicted octanol–water partition coefficient (Wildman–Crippen LogP) is 3.61. The Bertz CT molecular complexity index is 935. The fourth-order valence-corrected chi connectivity index (χ4v) is 5.16. The molecule has 0 unspecified atom stereocenters. The van der Waals surface area contributed by atoms with Crippen molar-refractivity contribution in [2.75, 3.05) is 40.0 Å². The number of rotatable bonds is 8. The van der Waals surface area contributed by atoms with Crippen molar-refractivity contribution in [3.05, 3.63) is 57.7 Å². The van der Waals surface area contributed by atoms with Crippen molar-refractivity contribution >= 4 is 28.6 Å². The van der Waals surface area contributed by atoms with Gasteiger partial charge in [-0.05, 0) is 35.7 Å². The summed E-state index contributed by atoms with van der Waals surface area (Å²) in [6.07, 6.45) is 0.285. The van der Waals surface area contributed by atoms with E-state index in [4.69, 9.17) is 9.47 Å². The Morgan fingerprint density at radius 1 is 1.23 bits per heavy atom. The van der Waals surface area contributed by atoms with Crippen LogP contribution in [0.25, 0.3) is 10.6 Å². The number of morpholine rings is 1. The second-order valence-corrected chi connectivity index (χ2v) is 8.87. The molecule has 0 aliphatic carbocycles. The molecule has 0 radical (unpaired) electrons. The van der Waals surface area contributed by atoms with Crippen LogP contribution in [-0.2, 0) is 16.0 Å². The molecule has 1 aliphatic heterocycles. The lowest BCUT2D eigenvalue weighted by atomic mass is 10.2. The van der Waals surface area contributed by atoms with Gasteiger partial charge in [-0.25, -0.2) is 4.98 Å². The zero-order chi connectivity index (χ0) is 20.8. The molecule has 1 amide bonds. The van der Waals surface area contributed by atoms with Crippen LogP contribution in [0.5, 0.6) is 5.75 Å². The topological polar surface area (TPSA) is 63.7 Å². The molecule has 0 saturated carbocycles. The van der Waals surface area contributed by atoms with Crippen LogP contribution in [-0.4, -0.2) is 55.7 Å². The number of nitrogens with one attached hydrogen (secondary N) is 1. The van der Waals surface area contributed by atoms with E-state index in [0.717, 1.165) is 48.3 Å². The summed E-state index contributed by atoms with van der Waals surface area (Å²) in [4.78, 5) is 20.9. The molecule has 0 spiro atoms. The van der Waals surface area contributed by atoms with Crippen LogP contribution in [0.15, 0.2) is 47.2 Å². The summed E-state index contributed by atoms with van der Waals surface area (Å²) in [6, 6.07) is 12.2. The van der Waals surface area contributed by atoms with Crippen molar-refractivity contribution in [1.29, 1.82) is 0 Å². The highest BCUT2D eigenvalue weighted by Gasteiger charge is 2.24. The zero-order valence-electron chi connectivity index (χ0n) is 16.9. The Morgan fingerprint density at radius 2 is 2.03 bits per heavy atom. The van der Waals surface area contributed by atoms with E-state index in [2.05, 4.69) is 32.7 Å². The van der Waals surface area contributed by atoms with Crippen molar-refractivity contribution in [1.82, 2.24) is 15.2 Å². The molecule has 3 heterocycles. The third kappa shape index (κ3) is 5.26. The summed E-state index contributed by atoms with van der Waals surface area (Å²) in [5, 5.41) is 8.06. The third-order valence-electron chi connectivity index (χ3n) is 5.08. The van der Waals surface area contributed by atoms with Gasteiger partial charge in [0, 0.05) is 35.5 Å². The highest BCUT2D eigenvalue weighted by atomic mass is 32.1. The van der Waals surface area contributed by atoms with E-state index in [1.54, 1.807) is 29.8 Å². The third-order valence-corrected chi connectivity index (χ3v) is 6.99. The molecule has 1 saturated heterocycles. The monoisotopic (exact) mass is 443 g/mol. The number of nitrogens with zero attached hydrogens (tertiary/aromatic N) is 2. The molecule has 1 atom stereocenters. The largest absolute Gasteiger partial charge is 0.497 e. The molecule has 2 aromatic heterocycles. The number of thiazole rings is 1. The molecule has 1 aromatic carbocycles. The second kappa shape index (κ2) is 10.2. The Morgan fingerprint density at radius 3 is 2.73 bits per heavy atom. The minimum atomic E-state index is -0.00334. The van der Waals surface area contributed by atoms with Gasteiger partial charge in [-0.3, -0.25) is 9.69 Å². The van der Waals surface area contributed by atoms with E-state index in [1.165, 1.54) is 4.88 Å².